The molecular formula is C30H37N5O3. The van der Waals surface area contributed by atoms with Crippen molar-refractivity contribution in [2.24, 2.45) is 0 Å². The van der Waals surface area contributed by atoms with E-state index in [-0.39, 0.29) is 17.3 Å². The van der Waals surface area contributed by atoms with Gasteiger partial charge >= 0.3 is 0 Å². The molecule has 3 fully saturated rings. The van der Waals surface area contributed by atoms with E-state index in [1.807, 2.05) is 28.8 Å². The fourth-order valence-electron chi connectivity index (χ4n) is 7.15. The van der Waals surface area contributed by atoms with Crippen molar-refractivity contribution in [3.05, 3.63) is 58.6 Å². The number of anilines is 1. The minimum absolute atomic E-state index is 0.0620. The lowest BCUT2D eigenvalue weighted by Crippen LogP contribution is -2.50. The van der Waals surface area contributed by atoms with Crippen LogP contribution >= 0.6 is 0 Å². The number of nitrogens with one attached hydrogen (secondary N) is 1. The molecule has 200 valence electrons. The second kappa shape index (κ2) is 10.8. The quantitative estimate of drug-likeness (QED) is 0.494. The van der Waals surface area contributed by atoms with Crippen molar-refractivity contribution in [2.75, 3.05) is 12.4 Å². The fraction of sp³-hybridized carbons (Fsp3) is 0.533. The first kappa shape index (κ1) is 25.0. The van der Waals surface area contributed by atoms with Crippen molar-refractivity contribution in [3.63, 3.8) is 0 Å². The van der Waals surface area contributed by atoms with E-state index in [9.17, 15) is 9.59 Å². The lowest BCUT2D eigenvalue weighted by molar-refractivity contribution is 0.0497. The van der Waals surface area contributed by atoms with Crippen LogP contribution in [0, 0.1) is 0 Å². The van der Waals surface area contributed by atoms with Gasteiger partial charge in [-0.1, -0.05) is 44.2 Å². The zero-order chi connectivity index (χ0) is 26.1. The standard InChI is InChI=1S/C30H37N5O3/c1-38-27-16-13-20(19-31-27)32-29(36)28-30(37)35(26-12-8-7-11-25(26)33-28)24-17-22-14-15-23(18-24)34(22)21-9-5-3-2-4-6-10-21/h7-8,11-13,16,19,21-24H,2-6,9-10,14-15,17-18H2,1H3,(H,32,36)/t22-,23+,24?. The van der Waals surface area contributed by atoms with Crippen molar-refractivity contribution in [3.8, 4) is 5.88 Å². The van der Waals surface area contributed by atoms with E-state index in [1.54, 1.807) is 12.1 Å². The normalized spacial score (nSPS) is 24.6. The van der Waals surface area contributed by atoms with Crippen LogP contribution in [0.25, 0.3) is 11.0 Å². The van der Waals surface area contributed by atoms with Crippen molar-refractivity contribution in [1.29, 1.82) is 0 Å². The van der Waals surface area contributed by atoms with Crippen LogP contribution in [-0.2, 0) is 0 Å². The van der Waals surface area contributed by atoms with Gasteiger partial charge in [-0.25, -0.2) is 9.97 Å². The Morgan fingerprint density at radius 2 is 1.61 bits per heavy atom. The number of aromatic nitrogens is 3. The third-order valence-corrected chi connectivity index (χ3v) is 8.84. The SMILES string of the molecule is COc1ccc(NC(=O)c2nc3ccccc3n(C3C[C@H]4CC[C@@H](C3)N4C3CCCCCCC3)c2=O)cn1. The number of piperidine rings is 1. The average molecular weight is 516 g/mol. The number of fused-ring (bicyclic) bond motifs is 3. The lowest BCUT2D eigenvalue weighted by Gasteiger charge is -2.45. The largest absolute Gasteiger partial charge is 0.481 e. The molecule has 4 heterocycles. The monoisotopic (exact) mass is 515 g/mol. The number of ether oxygens (including phenoxy) is 1. The van der Waals surface area contributed by atoms with Crippen LogP contribution in [0.15, 0.2) is 47.4 Å². The molecular weight excluding hydrogens is 478 g/mol. The van der Waals surface area contributed by atoms with Crippen LogP contribution in [0.3, 0.4) is 0 Å². The fourth-order valence-corrected chi connectivity index (χ4v) is 7.15. The Bertz CT molecular complexity index is 1330. The second-order valence-corrected chi connectivity index (χ2v) is 11.1. The Labute approximate surface area is 223 Å². The van der Waals surface area contributed by atoms with Gasteiger partial charge in [0.15, 0.2) is 5.69 Å². The number of carbonyl (C=O) groups excluding carboxylic acids is 1. The van der Waals surface area contributed by atoms with Crippen molar-refractivity contribution in [1.82, 2.24) is 19.4 Å². The van der Waals surface area contributed by atoms with E-state index in [0.29, 0.717) is 35.2 Å². The maximum absolute atomic E-state index is 13.9. The zero-order valence-electron chi connectivity index (χ0n) is 22.1. The van der Waals surface area contributed by atoms with Gasteiger partial charge in [-0.15, -0.1) is 0 Å². The van der Waals surface area contributed by atoms with E-state index in [1.165, 1.54) is 71.1 Å². The summed E-state index contributed by atoms with van der Waals surface area (Å²) in [7, 11) is 1.54. The van der Waals surface area contributed by atoms with Gasteiger partial charge < -0.3 is 14.6 Å². The molecule has 0 spiro atoms. The molecule has 8 heteroatoms. The second-order valence-electron chi connectivity index (χ2n) is 11.1. The summed E-state index contributed by atoms with van der Waals surface area (Å²) >= 11 is 0. The maximum Gasteiger partial charge on any atom is 0.282 e. The Kier molecular flexibility index (Phi) is 7.15. The summed E-state index contributed by atoms with van der Waals surface area (Å²) in [4.78, 5) is 38.7. The van der Waals surface area contributed by atoms with Crippen LogP contribution in [-0.4, -0.2) is 50.6 Å². The van der Waals surface area contributed by atoms with Crippen LogP contribution in [0.5, 0.6) is 5.88 Å². The summed E-state index contributed by atoms with van der Waals surface area (Å²) in [6.07, 6.45) is 15.2. The summed E-state index contributed by atoms with van der Waals surface area (Å²) in [6, 6.07) is 12.8. The van der Waals surface area contributed by atoms with Crippen LogP contribution in [0.4, 0.5) is 5.69 Å². The van der Waals surface area contributed by atoms with Gasteiger partial charge in [-0.3, -0.25) is 14.5 Å². The number of methoxy groups -OCH3 is 1. The molecule has 1 saturated carbocycles. The molecule has 2 aliphatic heterocycles. The van der Waals surface area contributed by atoms with E-state index in [0.717, 1.165) is 18.4 Å². The van der Waals surface area contributed by atoms with Gasteiger partial charge in [0.25, 0.3) is 11.5 Å². The third kappa shape index (κ3) is 4.82. The molecule has 3 atom stereocenters. The van der Waals surface area contributed by atoms with Gasteiger partial charge in [-0.2, -0.15) is 0 Å². The molecule has 6 rings (SSSR count). The lowest BCUT2D eigenvalue weighted by atomic mass is 9.89. The molecule has 2 bridgehead atoms. The van der Waals surface area contributed by atoms with Gasteiger partial charge in [0.1, 0.15) is 0 Å². The minimum Gasteiger partial charge on any atom is -0.481 e. The molecule has 1 aliphatic carbocycles. The summed E-state index contributed by atoms with van der Waals surface area (Å²) in [5, 5.41) is 2.80. The van der Waals surface area contributed by atoms with E-state index in [4.69, 9.17) is 4.74 Å². The smallest absolute Gasteiger partial charge is 0.282 e. The average Bonchev–Trinajstić information content (AvgIpc) is 3.17. The van der Waals surface area contributed by atoms with E-state index < -0.39 is 5.91 Å². The number of pyridine rings is 1. The number of para-hydroxylation sites is 2. The Balaban J connectivity index is 1.30. The molecule has 0 radical (unpaired) electrons. The first-order valence-electron chi connectivity index (χ1n) is 14.2. The van der Waals surface area contributed by atoms with Crippen molar-refractivity contribution < 1.29 is 9.53 Å². The topological polar surface area (TPSA) is 89.4 Å². The zero-order valence-corrected chi connectivity index (χ0v) is 22.1. The summed E-state index contributed by atoms with van der Waals surface area (Å²) < 4.78 is 6.98. The summed E-state index contributed by atoms with van der Waals surface area (Å²) in [5.41, 5.74) is 1.58. The summed E-state index contributed by atoms with van der Waals surface area (Å²) in [5.74, 6) is -0.0639. The molecule has 1 N–H and O–H groups in total. The predicted octanol–water partition coefficient (Wildman–Crippen LogP) is 5.33. The number of nitrogens with zero attached hydrogens (tertiary/aromatic N) is 4. The molecule has 3 aromatic rings. The highest BCUT2D eigenvalue weighted by Gasteiger charge is 2.44. The first-order valence-corrected chi connectivity index (χ1v) is 14.2. The summed E-state index contributed by atoms with van der Waals surface area (Å²) in [6.45, 7) is 0. The number of hydrogen-bond acceptors (Lipinski definition) is 6. The molecule has 1 unspecified atom stereocenters. The minimum atomic E-state index is -0.517. The van der Waals surface area contributed by atoms with Gasteiger partial charge in [0.2, 0.25) is 5.88 Å². The van der Waals surface area contributed by atoms with Crippen molar-refractivity contribution >= 4 is 22.6 Å². The predicted molar refractivity (Wildman–Crippen MR) is 148 cm³/mol. The molecule has 1 amide bonds. The van der Waals surface area contributed by atoms with E-state index >= 15 is 0 Å². The van der Waals surface area contributed by atoms with Crippen LogP contribution < -0.4 is 15.6 Å². The Morgan fingerprint density at radius 1 is 0.895 bits per heavy atom. The third-order valence-electron chi connectivity index (χ3n) is 8.84. The van der Waals surface area contributed by atoms with Gasteiger partial charge in [-0.05, 0) is 56.7 Å². The van der Waals surface area contributed by atoms with E-state index in [2.05, 4.69) is 20.2 Å². The number of amides is 1. The first-order chi connectivity index (χ1) is 18.6. The number of carbonyl (C=O) groups is 1. The van der Waals surface area contributed by atoms with Crippen molar-refractivity contribution in [2.45, 2.75) is 94.8 Å². The maximum atomic E-state index is 13.9. The van der Waals surface area contributed by atoms with Gasteiger partial charge in [0, 0.05) is 30.2 Å². The number of rotatable bonds is 5. The highest BCUT2D eigenvalue weighted by Crippen LogP contribution is 2.44. The molecule has 1 aromatic carbocycles. The van der Waals surface area contributed by atoms with Gasteiger partial charge in [0.05, 0.1) is 30.0 Å². The van der Waals surface area contributed by atoms with Crippen LogP contribution in [0.1, 0.15) is 87.2 Å². The molecule has 2 aromatic heterocycles. The Morgan fingerprint density at radius 3 is 2.29 bits per heavy atom. The highest BCUT2D eigenvalue weighted by molar-refractivity contribution is 6.03. The number of benzene rings is 1. The van der Waals surface area contributed by atoms with Crippen LogP contribution in [0.2, 0.25) is 0 Å². The molecule has 3 aliphatic rings. The highest BCUT2D eigenvalue weighted by atomic mass is 16.5. The molecule has 38 heavy (non-hydrogen) atoms. The Hall–Kier alpha value is -3.26. The molecule has 2 saturated heterocycles. The molecule has 8 nitrogen and oxygen atoms in total. The number of hydrogen-bond donors (Lipinski definition) is 1.